The Bertz CT molecular complexity index is 174. The molecular formula is C3H4FO5P-2. The second-order valence-corrected chi connectivity index (χ2v) is 2.58. The molecule has 0 radical (unpaired) electrons. The molecule has 0 amide bonds. The Balaban J connectivity index is 3.93. The second kappa shape index (κ2) is 3.21. The van der Waals surface area contributed by atoms with Crippen LogP contribution in [0.25, 0.3) is 0 Å². The van der Waals surface area contributed by atoms with E-state index < -0.39 is 20.0 Å². The van der Waals surface area contributed by atoms with Gasteiger partial charge in [0.1, 0.15) is 0 Å². The van der Waals surface area contributed by atoms with Crippen molar-refractivity contribution in [2.45, 2.75) is 13.3 Å². The minimum absolute atomic E-state index is 0.764. The highest BCUT2D eigenvalue weighted by atomic mass is 31.2. The minimum atomic E-state index is -5.37. The third-order valence-corrected chi connectivity index (χ3v) is 0.985. The van der Waals surface area contributed by atoms with Gasteiger partial charge in [-0.1, -0.05) is 0 Å². The van der Waals surface area contributed by atoms with E-state index in [9.17, 15) is 23.5 Å². The molecule has 7 heteroatoms. The number of hydrogen-bond donors (Lipinski definition) is 0. The summed E-state index contributed by atoms with van der Waals surface area (Å²) in [7, 11) is -5.37. The summed E-state index contributed by atoms with van der Waals surface area (Å²) in [5, 5.41) is 0. The number of phosphoric ester groups is 1. The zero-order valence-electron chi connectivity index (χ0n) is 4.94. The van der Waals surface area contributed by atoms with Crippen LogP contribution in [-0.4, -0.2) is 12.1 Å². The van der Waals surface area contributed by atoms with Crippen molar-refractivity contribution in [3.05, 3.63) is 0 Å². The van der Waals surface area contributed by atoms with Crippen LogP contribution in [0.2, 0.25) is 0 Å². The number of halogens is 1. The number of hydrogen-bond acceptors (Lipinski definition) is 5. The quantitative estimate of drug-likeness (QED) is 0.492. The van der Waals surface area contributed by atoms with Crippen molar-refractivity contribution in [1.82, 2.24) is 0 Å². The van der Waals surface area contributed by atoms with Gasteiger partial charge in [0, 0.05) is 6.92 Å². The first-order valence-electron chi connectivity index (χ1n) is 2.18. The number of rotatable bonds is 3. The molecule has 0 rings (SSSR count). The standard InChI is InChI=1S/C3H6FO5P/c1-2(5)3(4)9-10(6,7)8/h3H,1H3,(H2,6,7,8)/p-2. The molecule has 0 spiro atoms. The molecule has 0 fully saturated rings. The molecule has 1 atom stereocenters. The van der Waals surface area contributed by atoms with E-state index in [1.807, 2.05) is 0 Å². The Morgan fingerprint density at radius 2 is 2.10 bits per heavy atom. The van der Waals surface area contributed by atoms with E-state index in [1.165, 1.54) is 0 Å². The molecule has 0 aromatic heterocycles. The first kappa shape index (κ1) is 9.71. The lowest BCUT2D eigenvalue weighted by Gasteiger charge is -2.29. The molecule has 0 saturated heterocycles. The van der Waals surface area contributed by atoms with E-state index in [-0.39, 0.29) is 0 Å². The first-order chi connectivity index (χ1) is 4.33. The second-order valence-electron chi connectivity index (χ2n) is 1.48. The lowest BCUT2D eigenvalue weighted by Crippen LogP contribution is -2.24. The zero-order valence-corrected chi connectivity index (χ0v) is 5.84. The number of carbonyl (C=O) groups excluding carboxylic acids is 1. The molecule has 10 heavy (non-hydrogen) atoms. The molecule has 60 valence electrons. The highest BCUT2D eigenvalue weighted by molar-refractivity contribution is 7.43. The Hall–Kier alpha value is -0.290. The van der Waals surface area contributed by atoms with Crippen molar-refractivity contribution < 1.29 is 28.1 Å². The lowest BCUT2D eigenvalue weighted by molar-refractivity contribution is -0.346. The number of carbonyl (C=O) groups is 1. The van der Waals surface area contributed by atoms with Gasteiger partial charge in [-0.25, -0.2) is 4.39 Å². The Morgan fingerprint density at radius 1 is 1.70 bits per heavy atom. The van der Waals surface area contributed by atoms with Crippen LogP contribution in [-0.2, 0) is 13.9 Å². The van der Waals surface area contributed by atoms with E-state index in [0.29, 0.717) is 0 Å². The molecule has 0 bridgehead atoms. The predicted octanol–water partition coefficient (Wildman–Crippen LogP) is -1.28. The van der Waals surface area contributed by atoms with Crippen molar-refractivity contribution in [3.63, 3.8) is 0 Å². The maximum absolute atomic E-state index is 11.9. The number of ketones is 1. The molecule has 5 nitrogen and oxygen atoms in total. The fourth-order valence-electron chi connectivity index (χ4n) is 0.188. The first-order valence-corrected chi connectivity index (χ1v) is 3.64. The van der Waals surface area contributed by atoms with Gasteiger partial charge < -0.3 is 18.9 Å². The third kappa shape index (κ3) is 4.58. The monoisotopic (exact) mass is 170 g/mol. The van der Waals surface area contributed by atoms with E-state index in [1.54, 1.807) is 0 Å². The van der Waals surface area contributed by atoms with Gasteiger partial charge in [0.2, 0.25) is 0 Å². The van der Waals surface area contributed by atoms with Gasteiger partial charge in [0.25, 0.3) is 6.36 Å². The summed E-state index contributed by atoms with van der Waals surface area (Å²) in [4.78, 5) is 29.1. The van der Waals surface area contributed by atoms with Gasteiger partial charge in [-0.2, -0.15) is 0 Å². The van der Waals surface area contributed by atoms with Gasteiger partial charge in [-0.3, -0.25) is 4.79 Å². The summed E-state index contributed by atoms with van der Waals surface area (Å²) in [6.45, 7) is 0.764. The average Bonchev–Trinajstić information content (AvgIpc) is 1.60. The largest absolute Gasteiger partial charge is 0.790 e. The fourth-order valence-corrected chi connectivity index (χ4v) is 0.563. The van der Waals surface area contributed by atoms with Gasteiger partial charge in [-0.05, 0) is 0 Å². The molecule has 0 saturated carbocycles. The number of alkyl halides is 1. The van der Waals surface area contributed by atoms with Crippen LogP contribution in [0, 0.1) is 0 Å². The molecule has 0 aromatic rings. The Morgan fingerprint density at radius 3 is 2.20 bits per heavy atom. The van der Waals surface area contributed by atoms with Crippen molar-refractivity contribution in [2.24, 2.45) is 0 Å². The summed E-state index contributed by atoms with van der Waals surface area (Å²) in [5.74, 6) is -1.16. The van der Waals surface area contributed by atoms with Crippen LogP contribution < -0.4 is 9.79 Å². The van der Waals surface area contributed by atoms with Crippen molar-refractivity contribution >= 4 is 13.6 Å². The van der Waals surface area contributed by atoms with Crippen LogP contribution in [0.5, 0.6) is 0 Å². The summed E-state index contributed by atoms with van der Waals surface area (Å²) < 4.78 is 24.6. The van der Waals surface area contributed by atoms with Crippen LogP contribution in [0.1, 0.15) is 6.92 Å². The van der Waals surface area contributed by atoms with E-state index in [0.717, 1.165) is 6.92 Å². The van der Waals surface area contributed by atoms with E-state index >= 15 is 0 Å². The summed E-state index contributed by atoms with van der Waals surface area (Å²) in [6, 6.07) is 0. The van der Waals surface area contributed by atoms with Gasteiger partial charge in [0.15, 0.2) is 5.78 Å². The van der Waals surface area contributed by atoms with Crippen LogP contribution in [0.4, 0.5) is 4.39 Å². The van der Waals surface area contributed by atoms with E-state index in [4.69, 9.17) is 0 Å². The topological polar surface area (TPSA) is 89.5 Å². The number of phosphoric acid groups is 1. The summed E-state index contributed by atoms with van der Waals surface area (Å²) >= 11 is 0. The predicted molar refractivity (Wildman–Crippen MR) is 24.3 cm³/mol. The lowest BCUT2D eigenvalue weighted by atomic mass is 10.5. The minimum Gasteiger partial charge on any atom is -0.790 e. The van der Waals surface area contributed by atoms with Crippen molar-refractivity contribution in [2.75, 3.05) is 0 Å². The van der Waals surface area contributed by atoms with Gasteiger partial charge in [0.05, 0.1) is 7.82 Å². The summed E-state index contributed by atoms with van der Waals surface area (Å²) in [6.07, 6.45) is -2.67. The van der Waals surface area contributed by atoms with Crippen LogP contribution in [0.3, 0.4) is 0 Å². The van der Waals surface area contributed by atoms with Crippen molar-refractivity contribution in [1.29, 1.82) is 0 Å². The Labute approximate surface area is 56.0 Å². The normalized spacial score (nSPS) is 14.8. The third-order valence-electron chi connectivity index (χ3n) is 0.541. The molecule has 0 aromatic carbocycles. The SMILES string of the molecule is CC(=O)C(F)OP(=O)([O-])[O-]. The van der Waals surface area contributed by atoms with E-state index in [2.05, 4.69) is 4.52 Å². The van der Waals surface area contributed by atoms with Crippen molar-refractivity contribution in [3.8, 4) is 0 Å². The highest BCUT2D eigenvalue weighted by Gasteiger charge is 2.13. The van der Waals surface area contributed by atoms with Gasteiger partial charge in [-0.15, -0.1) is 0 Å². The maximum atomic E-state index is 11.9. The summed E-state index contributed by atoms with van der Waals surface area (Å²) in [5.41, 5.74) is 0. The van der Waals surface area contributed by atoms with Crippen LogP contribution >= 0.6 is 7.82 Å². The maximum Gasteiger partial charge on any atom is 0.261 e. The molecular weight excluding hydrogens is 166 g/mol. The Kier molecular flexibility index (Phi) is 3.11. The molecule has 0 aliphatic rings. The molecule has 0 aliphatic carbocycles. The zero-order chi connectivity index (χ0) is 8.36. The molecule has 0 N–H and O–H groups in total. The van der Waals surface area contributed by atoms with Crippen LogP contribution in [0.15, 0.2) is 0 Å². The molecule has 0 heterocycles. The average molecular weight is 170 g/mol. The van der Waals surface area contributed by atoms with Gasteiger partial charge >= 0.3 is 0 Å². The smallest absolute Gasteiger partial charge is 0.261 e. The number of Topliss-reactive ketones (excluding diaryl/α,β-unsaturated/α-hetero) is 1. The molecule has 0 aliphatic heterocycles. The highest BCUT2D eigenvalue weighted by Crippen LogP contribution is 2.27. The molecule has 1 unspecified atom stereocenters. The fraction of sp³-hybridized carbons (Fsp3) is 0.667.